The van der Waals surface area contributed by atoms with E-state index in [1.54, 1.807) is 22.9 Å². The van der Waals surface area contributed by atoms with Crippen molar-refractivity contribution in [2.75, 3.05) is 5.32 Å². The van der Waals surface area contributed by atoms with Crippen molar-refractivity contribution in [1.29, 1.82) is 0 Å². The molecule has 38 heavy (non-hydrogen) atoms. The molecule has 1 saturated heterocycles. The Morgan fingerprint density at radius 3 is 2.37 bits per heavy atom. The van der Waals surface area contributed by atoms with Crippen molar-refractivity contribution < 1.29 is 18.5 Å². The van der Waals surface area contributed by atoms with Crippen LogP contribution in [0, 0.1) is 5.82 Å². The molecule has 5 rings (SSSR count). The Hall–Kier alpha value is -3.63. The van der Waals surface area contributed by atoms with Crippen LogP contribution < -0.4 is 10.8 Å². The average molecular weight is 515 g/mol. The number of hydrogen-bond donors (Lipinski definition) is 1. The maximum Gasteiger partial charge on any atom is 0.495 e. The second kappa shape index (κ2) is 9.60. The molecule has 0 spiro atoms. The highest BCUT2D eigenvalue weighted by Gasteiger charge is 2.52. The molecule has 0 unspecified atom stereocenters. The summed E-state index contributed by atoms with van der Waals surface area (Å²) in [5.74, 6) is 0.797. The number of carbonyl (C=O) groups is 1. The number of aromatic nitrogens is 4. The zero-order valence-corrected chi connectivity index (χ0v) is 22.5. The predicted molar refractivity (Wildman–Crippen MR) is 146 cm³/mol. The van der Waals surface area contributed by atoms with E-state index in [0.717, 1.165) is 22.9 Å². The lowest BCUT2D eigenvalue weighted by Gasteiger charge is -2.32. The number of aryl methyl sites for hydroxylation is 2. The maximum absolute atomic E-state index is 13.4. The van der Waals surface area contributed by atoms with Crippen molar-refractivity contribution in [1.82, 2.24) is 19.7 Å². The van der Waals surface area contributed by atoms with Crippen molar-refractivity contribution in [3.8, 4) is 11.4 Å². The highest BCUT2D eigenvalue weighted by molar-refractivity contribution is 6.63. The highest BCUT2D eigenvalue weighted by atomic mass is 19.1. The van der Waals surface area contributed by atoms with Crippen LogP contribution in [0.25, 0.3) is 22.4 Å². The summed E-state index contributed by atoms with van der Waals surface area (Å²) in [5.41, 5.74) is 3.21. The Balaban J connectivity index is 1.55. The summed E-state index contributed by atoms with van der Waals surface area (Å²) in [6, 6.07) is 11.8. The summed E-state index contributed by atoms with van der Waals surface area (Å²) in [4.78, 5) is 21.8. The van der Waals surface area contributed by atoms with Gasteiger partial charge in [0.1, 0.15) is 17.9 Å². The van der Waals surface area contributed by atoms with Crippen LogP contribution in [-0.2, 0) is 29.3 Å². The molecule has 0 amide bonds. The van der Waals surface area contributed by atoms with E-state index in [4.69, 9.17) is 19.3 Å². The summed E-state index contributed by atoms with van der Waals surface area (Å²) >= 11 is 0. The maximum atomic E-state index is 13.4. The summed E-state index contributed by atoms with van der Waals surface area (Å²) in [6.07, 6.45) is 1.51. The van der Waals surface area contributed by atoms with Gasteiger partial charge in [0, 0.05) is 24.7 Å². The second-order valence-electron chi connectivity index (χ2n) is 10.5. The van der Waals surface area contributed by atoms with Gasteiger partial charge in [0.25, 0.3) is 0 Å². The Labute approximate surface area is 221 Å². The fourth-order valence-electron chi connectivity index (χ4n) is 4.52. The first-order valence-electron chi connectivity index (χ1n) is 12.7. The first-order valence-corrected chi connectivity index (χ1v) is 12.7. The van der Waals surface area contributed by atoms with Crippen LogP contribution in [0.4, 0.5) is 10.2 Å². The van der Waals surface area contributed by atoms with Gasteiger partial charge in [-0.25, -0.2) is 19.0 Å². The van der Waals surface area contributed by atoms with E-state index in [-0.39, 0.29) is 5.82 Å². The molecule has 2 aromatic heterocycles. The van der Waals surface area contributed by atoms with E-state index < -0.39 is 18.3 Å². The molecule has 196 valence electrons. The zero-order chi connectivity index (χ0) is 27.2. The third kappa shape index (κ3) is 4.58. The van der Waals surface area contributed by atoms with Crippen LogP contribution in [0.5, 0.6) is 0 Å². The number of rotatable bonds is 7. The Morgan fingerprint density at radius 2 is 1.74 bits per heavy atom. The third-order valence-electron chi connectivity index (χ3n) is 7.44. The van der Waals surface area contributed by atoms with Crippen molar-refractivity contribution in [2.45, 2.75) is 58.8 Å². The second-order valence-corrected chi connectivity index (χ2v) is 10.5. The van der Waals surface area contributed by atoms with Gasteiger partial charge in [0.15, 0.2) is 11.5 Å². The van der Waals surface area contributed by atoms with Crippen LogP contribution >= 0.6 is 0 Å². The van der Waals surface area contributed by atoms with Crippen LogP contribution in [0.15, 0.2) is 42.5 Å². The van der Waals surface area contributed by atoms with Crippen LogP contribution in [0.1, 0.15) is 56.2 Å². The van der Waals surface area contributed by atoms with Gasteiger partial charge in [-0.05, 0) is 63.3 Å². The van der Waals surface area contributed by atoms with E-state index in [1.165, 1.54) is 12.1 Å². The fraction of sp³-hybridized carbons (Fsp3) is 0.357. The van der Waals surface area contributed by atoms with E-state index in [9.17, 15) is 9.18 Å². The van der Waals surface area contributed by atoms with Gasteiger partial charge in [-0.3, -0.25) is 4.79 Å². The van der Waals surface area contributed by atoms with E-state index >= 15 is 0 Å². The quantitative estimate of drug-likeness (QED) is 0.287. The van der Waals surface area contributed by atoms with Crippen molar-refractivity contribution in [3.05, 3.63) is 65.1 Å². The molecule has 1 aliphatic heterocycles. The first kappa shape index (κ1) is 26.0. The van der Waals surface area contributed by atoms with Crippen molar-refractivity contribution in [2.24, 2.45) is 7.05 Å². The summed E-state index contributed by atoms with van der Waals surface area (Å²) in [7, 11) is 1.19. The monoisotopic (exact) mass is 515 g/mol. The number of nitrogens with zero attached hydrogens (tertiary/aromatic N) is 4. The molecule has 0 atom stereocenters. The van der Waals surface area contributed by atoms with Crippen molar-refractivity contribution >= 4 is 35.7 Å². The molecule has 0 aliphatic carbocycles. The lowest BCUT2D eigenvalue weighted by Crippen LogP contribution is -2.41. The van der Waals surface area contributed by atoms with Gasteiger partial charge >= 0.3 is 7.12 Å². The highest BCUT2D eigenvalue weighted by Crippen LogP contribution is 2.37. The molecule has 10 heteroatoms. The largest absolute Gasteiger partial charge is 0.495 e. The van der Waals surface area contributed by atoms with Gasteiger partial charge in [0.2, 0.25) is 0 Å². The van der Waals surface area contributed by atoms with Gasteiger partial charge in [0.05, 0.1) is 22.3 Å². The smallest absolute Gasteiger partial charge is 0.399 e. The molecule has 1 aliphatic rings. The number of benzene rings is 2. The van der Waals surface area contributed by atoms with Crippen LogP contribution in [0.2, 0.25) is 0 Å². The predicted octanol–water partition coefficient (Wildman–Crippen LogP) is 4.46. The number of halogens is 1. The molecular weight excluding hydrogens is 484 g/mol. The van der Waals surface area contributed by atoms with Gasteiger partial charge in [-0.2, -0.15) is 5.10 Å². The minimum atomic E-state index is -0.658. The number of anilines is 1. The molecular formula is C28H31BFN5O3. The molecule has 2 aromatic carbocycles. The minimum absolute atomic E-state index is 0.282. The number of hydrogen-bond acceptors (Lipinski definition) is 7. The molecule has 3 heterocycles. The summed E-state index contributed by atoms with van der Waals surface area (Å²) in [6.45, 7) is 10.4. The third-order valence-corrected chi connectivity index (χ3v) is 7.44. The van der Waals surface area contributed by atoms with E-state index in [2.05, 4.69) is 10.4 Å². The zero-order valence-electron chi connectivity index (χ0n) is 22.5. The fourth-order valence-corrected chi connectivity index (χ4v) is 4.52. The van der Waals surface area contributed by atoms with E-state index in [0.29, 0.717) is 46.8 Å². The van der Waals surface area contributed by atoms with Crippen LogP contribution in [-0.4, -0.2) is 44.4 Å². The number of carbonyl (C=O) groups excluding carboxylic acids is 1. The Morgan fingerprint density at radius 1 is 1.05 bits per heavy atom. The molecule has 8 nitrogen and oxygen atoms in total. The van der Waals surface area contributed by atoms with Crippen molar-refractivity contribution in [3.63, 3.8) is 0 Å². The lowest BCUT2D eigenvalue weighted by atomic mass is 9.75. The first-order chi connectivity index (χ1) is 18.0. The minimum Gasteiger partial charge on any atom is -0.399 e. The van der Waals surface area contributed by atoms with Gasteiger partial charge < -0.3 is 14.6 Å². The van der Waals surface area contributed by atoms with Crippen LogP contribution in [0.3, 0.4) is 0 Å². The molecule has 1 fully saturated rings. The van der Waals surface area contributed by atoms with E-state index in [1.807, 2.05) is 53.8 Å². The SMILES string of the molecule is CCc1nn(C)c2nc(-c3ccc(B4OC(C)(C)C(C)(C)O4)c(C=O)c3)nc(NCc3ccc(F)cc3)c12. The number of nitrogens with one attached hydrogen (secondary N) is 1. The molecule has 0 bridgehead atoms. The standard InChI is InChI=1S/C28H31BFN5O3/c1-7-22-23-25(31-15-17-8-11-20(30)12-9-17)32-24(33-26(23)35(6)34-22)18-10-13-21(19(14-18)16-36)29-37-27(2,3)28(4,5)38-29/h8-14,16H,7,15H2,1-6H3,(H,31,32,33). The Bertz CT molecular complexity index is 1500. The number of aldehydes is 1. The van der Waals surface area contributed by atoms with Gasteiger partial charge in [-0.1, -0.05) is 31.2 Å². The topological polar surface area (TPSA) is 91.2 Å². The van der Waals surface area contributed by atoms with Gasteiger partial charge in [-0.15, -0.1) is 0 Å². The Kier molecular flexibility index (Phi) is 6.57. The average Bonchev–Trinajstić information content (AvgIpc) is 3.33. The molecule has 0 saturated carbocycles. The molecule has 1 N–H and O–H groups in total. The lowest BCUT2D eigenvalue weighted by molar-refractivity contribution is 0.00578. The summed E-state index contributed by atoms with van der Waals surface area (Å²) < 4.78 is 27.4. The molecule has 4 aromatic rings. The normalized spacial score (nSPS) is 16.2. The summed E-state index contributed by atoms with van der Waals surface area (Å²) in [5, 5.41) is 8.86. The molecule has 0 radical (unpaired) electrons. The number of fused-ring (bicyclic) bond motifs is 1.